The molecular formula is C13H12ClF2NO3. The van der Waals surface area contributed by atoms with E-state index in [0.717, 1.165) is 0 Å². The molecule has 0 N–H and O–H groups in total. The number of hydrogen-bond acceptors (Lipinski definition) is 4. The van der Waals surface area contributed by atoms with E-state index in [9.17, 15) is 13.6 Å². The van der Waals surface area contributed by atoms with Gasteiger partial charge in [-0.05, 0) is 30.2 Å². The monoisotopic (exact) mass is 303 g/mol. The summed E-state index contributed by atoms with van der Waals surface area (Å²) in [6, 6.07) is 4.28. The Bertz CT molecular complexity index is 529. The summed E-state index contributed by atoms with van der Waals surface area (Å²) in [6.45, 7) is -1.16. The molecule has 0 spiro atoms. The summed E-state index contributed by atoms with van der Waals surface area (Å²) >= 11 is 5.74. The first-order chi connectivity index (χ1) is 9.51. The van der Waals surface area contributed by atoms with Crippen LogP contribution in [0, 0.1) is 11.3 Å². The molecule has 20 heavy (non-hydrogen) atoms. The van der Waals surface area contributed by atoms with Gasteiger partial charge in [-0.1, -0.05) is 0 Å². The lowest BCUT2D eigenvalue weighted by atomic mass is 10.00. The van der Waals surface area contributed by atoms with E-state index in [1.165, 1.54) is 12.1 Å². The van der Waals surface area contributed by atoms with Crippen molar-refractivity contribution in [2.75, 3.05) is 6.61 Å². The van der Waals surface area contributed by atoms with E-state index in [1.807, 2.05) is 6.07 Å². The highest BCUT2D eigenvalue weighted by atomic mass is 35.5. The van der Waals surface area contributed by atoms with Crippen molar-refractivity contribution in [3.63, 3.8) is 0 Å². The van der Waals surface area contributed by atoms with Gasteiger partial charge >= 0.3 is 12.6 Å². The van der Waals surface area contributed by atoms with Crippen molar-refractivity contribution in [2.24, 2.45) is 0 Å². The van der Waals surface area contributed by atoms with Gasteiger partial charge in [-0.25, -0.2) is 0 Å². The second-order valence-electron chi connectivity index (χ2n) is 3.71. The predicted octanol–water partition coefficient (Wildman–Crippen LogP) is 3.00. The molecule has 0 unspecified atom stereocenters. The summed E-state index contributed by atoms with van der Waals surface area (Å²) in [7, 11) is 0. The highest BCUT2D eigenvalue weighted by Crippen LogP contribution is 2.26. The van der Waals surface area contributed by atoms with Gasteiger partial charge < -0.3 is 9.47 Å². The fraction of sp³-hybridized carbons (Fsp3) is 0.385. The van der Waals surface area contributed by atoms with Crippen molar-refractivity contribution >= 4 is 17.6 Å². The Hall–Kier alpha value is -1.87. The van der Waals surface area contributed by atoms with E-state index < -0.39 is 12.6 Å². The minimum Gasteiger partial charge on any atom is -0.466 e. The Morgan fingerprint density at radius 3 is 2.70 bits per heavy atom. The maximum atomic E-state index is 12.2. The van der Waals surface area contributed by atoms with Gasteiger partial charge in [0, 0.05) is 5.88 Å². The Morgan fingerprint density at radius 1 is 1.50 bits per heavy atom. The highest BCUT2D eigenvalue weighted by molar-refractivity contribution is 6.17. The number of ether oxygens (including phenoxy) is 2. The van der Waals surface area contributed by atoms with E-state index in [0.29, 0.717) is 11.1 Å². The Morgan fingerprint density at radius 2 is 2.20 bits per heavy atom. The lowest BCUT2D eigenvalue weighted by molar-refractivity contribution is -0.142. The number of nitriles is 1. The molecule has 0 aliphatic carbocycles. The van der Waals surface area contributed by atoms with Crippen LogP contribution in [0.3, 0.4) is 0 Å². The van der Waals surface area contributed by atoms with E-state index in [1.54, 1.807) is 6.92 Å². The smallest absolute Gasteiger partial charge is 0.387 e. The van der Waals surface area contributed by atoms with E-state index in [2.05, 4.69) is 4.74 Å². The molecule has 0 amide bonds. The van der Waals surface area contributed by atoms with Crippen LogP contribution in [0.4, 0.5) is 8.78 Å². The fourth-order valence-corrected chi connectivity index (χ4v) is 1.97. The van der Waals surface area contributed by atoms with Gasteiger partial charge in [0.2, 0.25) is 0 Å². The first-order valence-corrected chi connectivity index (χ1v) is 6.27. The minimum absolute atomic E-state index is 0.0212. The summed E-state index contributed by atoms with van der Waals surface area (Å²) in [5.74, 6) is -0.742. The van der Waals surface area contributed by atoms with Crippen molar-refractivity contribution in [1.29, 1.82) is 5.26 Å². The number of halogens is 3. The SMILES string of the molecule is CCOC(=O)Cc1cc(OC(F)F)cc(C#N)c1CCl. The van der Waals surface area contributed by atoms with Gasteiger partial charge in [0.15, 0.2) is 0 Å². The number of alkyl halides is 3. The van der Waals surface area contributed by atoms with Crippen molar-refractivity contribution in [2.45, 2.75) is 25.8 Å². The number of carbonyl (C=O) groups is 1. The second kappa shape index (κ2) is 7.65. The molecule has 0 fully saturated rings. The molecule has 0 heterocycles. The van der Waals surface area contributed by atoms with Gasteiger partial charge in [0.1, 0.15) is 5.75 Å². The zero-order chi connectivity index (χ0) is 15.1. The molecule has 7 heteroatoms. The molecule has 1 rings (SSSR count). The molecule has 4 nitrogen and oxygen atoms in total. The molecule has 108 valence electrons. The summed E-state index contributed by atoms with van der Waals surface area (Å²) in [6.07, 6.45) is -0.162. The Kier molecular flexibility index (Phi) is 6.19. The van der Waals surface area contributed by atoms with E-state index in [4.69, 9.17) is 21.6 Å². The predicted molar refractivity (Wildman–Crippen MR) is 67.7 cm³/mol. The van der Waals surface area contributed by atoms with E-state index in [-0.39, 0.29) is 30.2 Å². The standard InChI is InChI=1S/C13H12ClF2NO3/c1-2-19-12(18)5-8-3-10(20-13(15)16)4-9(7-17)11(8)6-14/h3-4,13H,2,5-6H2,1H3. The number of esters is 1. The van der Waals surface area contributed by atoms with Crippen LogP contribution < -0.4 is 4.74 Å². The molecule has 0 saturated heterocycles. The van der Waals surface area contributed by atoms with Gasteiger partial charge in [0.25, 0.3) is 0 Å². The van der Waals surface area contributed by atoms with Crippen LogP contribution in [0.15, 0.2) is 12.1 Å². The first-order valence-electron chi connectivity index (χ1n) is 5.74. The van der Waals surface area contributed by atoms with Crippen LogP contribution in [0.1, 0.15) is 23.6 Å². The number of nitrogens with zero attached hydrogens (tertiary/aromatic N) is 1. The molecule has 0 aromatic heterocycles. The van der Waals surface area contributed by atoms with Crippen molar-refractivity contribution in [1.82, 2.24) is 0 Å². The molecule has 0 radical (unpaired) electrons. The van der Waals surface area contributed by atoms with Crippen molar-refractivity contribution in [3.05, 3.63) is 28.8 Å². The second-order valence-corrected chi connectivity index (χ2v) is 3.98. The summed E-state index contributed by atoms with van der Waals surface area (Å²) in [5.41, 5.74) is 0.842. The van der Waals surface area contributed by atoms with Gasteiger partial charge in [-0.3, -0.25) is 4.79 Å². The zero-order valence-electron chi connectivity index (χ0n) is 10.7. The van der Waals surface area contributed by atoms with Crippen LogP contribution in [0.2, 0.25) is 0 Å². The molecule has 0 atom stereocenters. The lowest BCUT2D eigenvalue weighted by Crippen LogP contribution is -2.11. The van der Waals surface area contributed by atoms with Gasteiger partial charge in [-0.2, -0.15) is 14.0 Å². The third-order valence-electron chi connectivity index (χ3n) is 2.44. The molecule has 1 aromatic carbocycles. The van der Waals surface area contributed by atoms with Crippen molar-refractivity contribution in [3.8, 4) is 11.8 Å². The lowest BCUT2D eigenvalue weighted by Gasteiger charge is -2.12. The summed E-state index contributed by atoms with van der Waals surface area (Å²) < 4.78 is 33.5. The van der Waals surface area contributed by atoms with Crippen LogP contribution in [-0.2, 0) is 21.8 Å². The molecule has 1 aromatic rings. The third-order valence-corrected chi connectivity index (χ3v) is 2.70. The van der Waals surface area contributed by atoms with Gasteiger partial charge in [-0.15, -0.1) is 11.6 Å². The van der Waals surface area contributed by atoms with Crippen LogP contribution in [0.5, 0.6) is 5.75 Å². The molecule has 0 aliphatic heterocycles. The summed E-state index contributed by atoms with van der Waals surface area (Å²) in [4.78, 5) is 11.5. The Labute approximate surface area is 119 Å². The number of benzene rings is 1. The quantitative estimate of drug-likeness (QED) is 0.599. The molecular weight excluding hydrogens is 292 g/mol. The van der Waals surface area contributed by atoms with Crippen LogP contribution in [-0.4, -0.2) is 19.2 Å². The number of rotatable bonds is 6. The summed E-state index contributed by atoms with van der Waals surface area (Å²) in [5, 5.41) is 9.00. The molecule has 0 aliphatic rings. The van der Waals surface area contributed by atoms with E-state index >= 15 is 0 Å². The molecule has 0 saturated carbocycles. The average Bonchev–Trinajstić information content (AvgIpc) is 2.37. The number of carbonyl (C=O) groups excluding carboxylic acids is 1. The highest BCUT2D eigenvalue weighted by Gasteiger charge is 2.16. The maximum absolute atomic E-state index is 12.2. The molecule has 0 bridgehead atoms. The number of hydrogen-bond donors (Lipinski definition) is 0. The third kappa shape index (κ3) is 4.35. The topological polar surface area (TPSA) is 59.3 Å². The minimum atomic E-state index is -3.01. The van der Waals surface area contributed by atoms with Crippen LogP contribution in [0.25, 0.3) is 0 Å². The Balaban J connectivity index is 3.17. The van der Waals surface area contributed by atoms with Gasteiger partial charge in [0.05, 0.1) is 24.7 Å². The maximum Gasteiger partial charge on any atom is 0.387 e. The normalized spacial score (nSPS) is 10.2. The fourth-order valence-electron chi connectivity index (χ4n) is 1.66. The van der Waals surface area contributed by atoms with Crippen molar-refractivity contribution < 1.29 is 23.0 Å². The largest absolute Gasteiger partial charge is 0.466 e. The van der Waals surface area contributed by atoms with Crippen LogP contribution >= 0.6 is 11.6 Å². The average molecular weight is 304 g/mol. The first kappa shape index (κ1) is 16.2. The zero-order valence-corrected chi connectivity index (χ0v) is 11.4.